The molecular weight excluding hydrogens is 462 g/mol. The summed E-state index contributed by atoms with van der Waals surface area (Å²) in [5.41, 5.74) is 1.18. The third-order valence-electron chi connectivity index (χ3n) is 5.58. The number of pyridine rings is 1. The zero-order valence-electron chi connectivity index (χ0n) is 17.5. The summed E-state index contributed by atoms with van der Waals surface area (Å²) in [5.74, 6) is -0.247. The monoisotopic (exact) mass is 484 g/mol. The summed E-state index contributed by atoms with van der Waals surface area (Å²) in [5, 5.41) is 5.26. The highest BCUT2D eigenvalue weighted by Crippen LogP contribution is 2.32. The number of fused-ring (bicyclic) bond motifs is 1. The van der Waals surface area contributed by atoms with Gasteiger partial charge in [-0.05, 0) is 51.1 Å². The normalized spacial score (nSPS) is 15.5. The van der Waals surface area contributed by atoms with E-state index >= 15 is 0 Å². The molecule has 1 fully saturated rings. The Morgan fingerprint density at radius 1 is 1.19 bits per heavy atom. The molecule has 0 N–H and O–H groups in total. The number of alkyl halides is 2. The lowest BCUT2D eigenvalue weighted by Crippen LogP contribution is -2.33. The fraction of sp³-hybridized carbons (Fsp3) is 0.429. The molecule has 172 valence electrons. The third kappa shape index (κ3) is 4.87. The van der Waals surface area contributed by atoms with E-state index in [1.807, 2.05) is 0 Å². The van der Waals surface area contributed by atoms with Crippen molar-refractivity contribution in [3.05, 3.63) is 41.3 Å². The highest BCUT2D eigenvalue weighted by Gasteiger charge is 2.23. The molecule has 32 heavy (non-hydrogen) atoms. The summed E-state index contributed by atoms with van der Waals surface area (Å²) in [6.07, 6.45) is 4.82. The van der Waals surface area contributed by atoms with E-state index in [2.05, 4.69) is 19.7 Å². The minimum Gasteiger partial charge on any atom is -0.433 e. The Kier molecular flexibility index (Phi) is 6.64. The Morgan fingerprint density at radius 3 is 2.66 bits per heavy atom. The van der Waals surface area contributed by atoms with Crippen LogP contribution in [0.5, 0.6) is 5.75 Å². The van der Waals surface area contributed by atoms with Gasteiger partial charge in [0.05, 0.1) is 21.9 Å². The highest BCUT2D eigenvalue weighted by molar-refractivity contribution is 7.91. The topological polar surface area (TPSA) is 77.3 Å². The fourth-order valence-electron chi connectivity index (χ4n) is 3.92. The molecule has 1 saturated heterocycles. The second kappa shape index (κ2) is 9.29. The number of halogens is 3. The predicted octanol–water partition coefficient (Wildman–Crippen LogP) is 4.24. The van der Waals surface area contributed by atoms with Gasteiger partial charge in [0, 0.05) is 24.2 Å². The molecular formula is C21H23ClF2N4O3S. The van der Waals surface area contributed by atoms with Crippen LogP contribution in [0.2, 0.25) is 5.15 Å². The lowest BCUT2D eigenvalue weighted by Gasteiger charge is -2.26. The Morgan fingerprint density at radius 2 is 1.94 bits per heavy atom. The maximum Gasteiger partial charge on any atom is 0.387 e. The molecule has 0 atom stereocenters. The van der Waals surface area contributed by atoms with E-state index in [1.165, 1.54) is 29.1 Å². The van der Waals surface area contributed by atoms with Crippen molar-refractivity contribution >= 4 is 32.3 Å². The van der Waals surface area contributed by atoms with Crippen molar-refractivity contribution < 1.29 is 21.9 Å². The minimum atomic E-state index is -3.65. The summed E-state index contributed by atoms with van der Waals surface area (Å²) >= 11 is 6.03. The van der Waals surface area contributed by atoms with Gasteiger partial charge in [-0.1, -0.05) is 18.0 Å². The van der Waals surface area contributed by atoms with Gasteiger partial charge >= 0.3 is 6.61 Å². The molecule has 0 spiro atoms. The number of hydrogen-bond donors (Lipinski definition) is 0. The Labute approximate surface area is 189 Å². The van der Waals surface area contributed by atoms with Crippen molar-refractivity contribution in [2.75, 3.05) is 25.4 Å². The maximum absolute atomic E-state index is 13.1. The van der Waals surface area contributed by atoms with Gasteiger partial charge in [-0.2, -0.15) is 13.9 Å². The Bertz CT molecular complexity index is 1230. The molecule has 1 aliphatic rings. The molecule has 0 radical (unpaired) electrons. The van der Waals surface area contributed by atoms with Crippen molar-refractivity contribution in [1.29, 1.82) is 0 Å². The first-order valence-electron chi connectivity index (χ1n) is 10.3. The molecule has 0 amide bonds. The Balaban J connectivity index is 1.74. The molecule has 0 bridgehead atoms. The number of rotatable bonds is 7. The van der Waals surface area contributed by atoms with Crippen molar-refractivity contribution in [3.63, 3.8) is 0 Å². The van der Waals surface area contributed by atoms with Gasteiger partial charge in [0.15, 0.2) is 15.6 Å². The lowest BCUT2D eigenvalue weighted by molar-refractivity contribution is -0.0499. The van der Waals surface area contributed by atoms with Crippen LogP contribution in [0.3, 0.4) is 0 Å². The van der Waals surface area contributed by atoms with Crippen molar-refractivity contribution in [1.82, 2.24) is 19.7 Å². The molecule has 7 nitrogen and oxygen atoms in total. The highest BCUT2D eigenvalue weighted by atomic mass is 35.5. The summed E-state index contributed by atoms with van der Waals surface area (Å²) in [6, 6.07) is 5.39. The molecule has 0 unspecified atom stereocenters. The average molecular weight is 485 g/mol. The number of ether oxygens (including phenoxy) is 1. The van der Waals surface area contributed by atoms with Gasteiger partial charge in [-0.15, -0.1) is 0 Å². The smallest absolute Gasteiger partial charge is 0.387 e. The van der Waals surface area contributed by atoms with E-state index in [0.29, 0.717) is 23.1 Å². The molecule has 2 aromatic heterocycles. The number of hydrogen-bond acceptors (Lipinski definition) is 6. The predicted molar refractivity (Wildman–Crippen MR) is 118 cm³/mol. The van der Waals surface area contributed by atoms with E-state index in [4.69, 9.17) is 11.6 Å². The van der Waals surface area contributed by atoms with Crippen LogP contribution in [-0.4, -0.2) is 60.1 Å². The van der Waals surface area contributed by atoms with Gasteiger partial charge in [0.1, 0.15) is 10.8 Å². The molecule has 3 heterocycles. The van der Waals surface area contributed by atoms with E-state index in [0.717, 1.165) is 32.4 Å². The standard InChI is InChI=1S/C21H23ClF2N4O3S/c1-14-16-13-25-20(22)12-17(16)28(26-14)18-11-15(5-6-19(18)31-21(23)24)32(29,30)10-9-27-7-3-2-4-8-27/h5-6,11-13,21H,2-4,7-10H2,1H3. The average Bonchev–Trinajstić information content (AvgIpc) is 3.08. The van der Waals surface area contributed by atoms with Crippen LogP contribution < -0.4 is 4.74 Å². The van der Waals surface area contributed by atoms with Gasteiger partial charge < -0.3 is 9.64 Å². The molecule has 3 aromatic rings. The van der Waals surface area contributed by atoms with Crippen molar-refractivity contribution in [2.24, 2.45) is 0 Å². The van der Waals surface area contributed by atoms with Crippen LogP contribution >= 0.6 is 11.6 Å². The summed E-state index contributed by atoms with van der Waals surface area (Å²) in [7, 11) is -3.65. The number of aryl methyl sites for hydroxylation is 1. The third-order valence-corrected chi connectivity index (χ3v) is 7.47. The SMILES string of the molecule is Cc1nn(-c2cc(S(=O)(=O)CCN3CCCCC3)ccc2OC(F)F)c2cc(Cl)ncc12. The summed E-state index contributed by atoms with van der Waals surface area (Å²) in [4.78, 5) is 6.19. The quantitative estimate of drug-likeness (QED) is 0.467. The molecule has 11 heteroatoms. The number of piperidine rings is 1. The van der Waals surface area contributed by atoms with Gasteiger partial charge in [-0.25, -0.2) is 18.1 Å². The van der Waals surface area contributed by atoms with Gasteiger partial charge in [0.25, 0.3) is 0 Å². The minimum absolute atomic E-state index is 0.0209. The number of nitrogens with zero attached hydrogens (tertiary/aromatic N) is 4. The number of sulfone groups is 1. The molecule has 4 rings (SSSR count). The van der Waals surface area contributed by atoms with Crippen LogP contribution in [0.4, 0.5) is 8.78 Å². The summed E-state index contributed by atoms with van der Waals surface area (Å²) in [6.45, 7) is 0.854. The van der Waals surface area contributed by atoms with Crippen molar-refractivity contribution in [2.45, 2.75) is 37.7 Å². The number of benzene rings is 1. The number of aromatic nitrogens is 3. The fourth-order valence-corrected chi connectivity index (χ4v) is 5.37. The summed E-state index contributed by atoms with van der Waals surface area (Å²) < 4.78 is 58.2. The van der Waals surface area contributed by atoms with Gasteiger partial charge in [-0.3, -0.25) is 0 Å². The largest absolute Gasteiger partial charge is 0.433 e. The molecule has 0 saturated carbocycles. The van der Waals surface area contributed by atoms with E-state index in [-0.39, 0.29) is 27.2 Å². The molecule has 0 aliphatic carbocycles. The van der Waals surface area contributed by atoms with E-state index in [1.54, 1.807) is 13.0 Å². The Hall–Kier alpha value is -2.30. The first kappa shape index (κ1) is 22.9. The van der Waals surface area contributed by atoms with E-state index < -0.39 is 16.4 Å². The van der Waals surface area contributed by atoms with Gasteiger partial charge in [0.2, 0.25) is 0 Å². The van der Waals surface area contributed by atoms with Crippen LogP contribution in [0.15, 0.2) is 35.4 Å². The van der Waals surface area contributed by atoms with E-state index in [9.17, 15) is 17.2 Å². The van der Waals surface area contributed by atoms with Crippen LogP contribution in [0.25, 0.3) is 16.6 Å². The second-order valence-electron chi connectivity index (χ2n) is 7.75. The zero-order chi connectivity index (χ0) is 22.9. The maximum atomic E-state index is 13.1. The molecule has 1 aliphatic heterocycles. The van der Waals surface area contributed by atoms with Crippen LogP contribution in [0, 0.1) is 6.92 Å². The van der Waals surface area contributed by atoms with Crippen LogP contribution in [0.1, 0.15) is 25.0 Å². The first-order valence-corrected chi connectivity index (χ1v) is 12.3. The zero-order valence-corrected chi connectivity index (χ0v) is 19.0. The van der Waals surface area contributed by atoms with Crippen LogP contribution in [-0.2, 0) is 9.84 Å². The first-order chi connectivity index (χ1) is 15.2. The molecule has 1 aromatic carbocycles. The number of likely N-dealkylation sites (tertiary alicyclic amines) is 1. The van der Waals surface area contributed by atoms with Crippen molar-refractivity contribution in [3.8, 4) is 11.4 Å². The lowest BCUT2D eigenvalue weighted by atomic mass is 10.1. The second-order valence-corrected chi connectivity index (χ2v) is 10.2.